The van der Waals surface area contributed by atoms with Gasteiger partial charge in [0.05, 0.1) is 14.2 Å². The highest BCUT2D eigenvalue weighted by Crippen LogP contribution is 2.29. The molecule has 7 nitrogen and oxygen atoms in total. The Kier molecular flexibility index (Phi) is 5.13. The minimum atomic E-state index is -0.681. The maximum absolute atomic E-state index is 11.8. The van der Waals surface area contributed by atoms with Crippen molar-refractivity contribution in [1.29, 1.82) is 0 Å². The molecule has 19 heavy (non-hydrogen) atoms. The van der Waals surface area contributed by atoms with Gasteiger partial charge in [0.25, 0.3) is 5.91 Å². The lowest BCUT2D eigenvalue weighted by Gasteiger charge is -2.12. The normalized spacial score (nSPS) is 9.84. The van der Waals surface area contributed by atoms with Crippen LogP contribution in [0.4, 0.5) is 0 Å². The molecule has 104 valence electrons. The Labute approximate surface area is 110 Å². The van der Waals surface area contributed by atoms with E-state index in [1.807, 2.05) is 6.92 Å². The summed E-state index contributed by atoms with van der Waals surface area (Å²) in [5, 5.41) is 0. The summed E-state index contributed by atoms with van der Waals surface area (Å²) in [5.41, 5.74) is 8.03. The van der Waals surface area contributed by atoms with Crippen LogP contribution in [0.5, 0.6) is 11.5 Å². The highest BCUT2D eigenvalue weighted by atomic mass is 16.7. The number of hydrogen-bond acceptors (Lipinski definition) is 5. The Morgan fingerprint density at radius 1 is 1.21 bits per heavy atom. The van der Waals surface area contributed by atoms with E-state index in [2.05, 4.69) is 10.3 Å². The zero-order valence-electron chi connectivity index (χ0n) is 11.0. The summed E-state index contributed by atoms with van der Waals surface area (Å²) < 4.78 is 10.3. The van der Waals surface area contributed by atoms with Crippen LogP contribution in [-0.4, -0.2) is 32.6 Å². The van der Waals surface area contributed by atoms with Gasteiger partial charge in [0.2, 0.25) is 5.91 Å². The number of ether oxygens (including phenoxy) is 2. The molecule has 0 saturated carbocycles. The first-order chi connectivity index (χ1) is 8.99. The highest BCUT2D eigenvalue weighted by Gasteiger charge is 2.13. The molecular weight excluding hydrogens is 252 g/mol. The average Bonchev–Trinajstić information content (AvgIpc) is 2.38. The zero-order chi connectivity index (χ0) is 14.4. The van der Waals surface area contributed by atoms with Crippen LogP contribution in [0.1, 0.15) is 15.9 Å². The van der Waals surface area contributed by atoms with Crippen molar-refractivity contribution in [2.75, 3.05) is 20.8 Å². The number of primary amides is 1. The van der Waals surface area contributed by atoms with Gasteiger partial charge >= 0.3 is 0 Å². The monoisotopic (exact) mass is 268 g/mol. The smallest absolute Gasteiger partial charge is 0.275 e. The number of hydroxylamine groups is 1. The molecule has 1 aromatic carbocycles. The summed E-state index contributed by atoms with van der Waals surface area (Å²) in [6.07, 6.45) is 0. The molecule has 0 aliphatic carbocycles. The van der Waals surface area contributed by atoms with Crippen LogP contribution >= 0.6 is 0 Å². The number of nitrogens with two attached hydrogens (primary N) is 1. The van der Waals surface area contributed by atoms with Gasteiger partial charge < -0.3 is 15.2 Å². The summed E-state index contributed by atoms with van der Waals surface area (Å²) in [5.74, 6) is -0.184. The Morgan fingerprint density at radius 3 is 2.16 bits per heavy atom. The molecule has 0 atom stereocenters. The van der Waals surface area contributed by atoms with Crippen LogP contribution in [0.3, 0.4) is 0 Å². The average molecular weight is 268 g/mol. The molecule has 1 rings (SSSR count). The van der Waals surface area contributed by atoms with Crippen molar-refractivity contribution >= 4 is 11.8 Å². The molecule has 0 aromatic heterocycles. The number of hydrogen-bond donors (Lipinski definition) is 2. The fourth-order valence-electron chi connectivity index (χ4n) is 1.45. The number of carbonyl (C=O) groups is 2. The summed E-state index contributed by atoms with van der Waals surface area (Å²) in [6.45, 7) is 1.41. The predicted molar refractivity (Wildman–Crippen MR) is 66.9 cm³/mol. The molecule has 0 bridgehead atoms. The molecule has 1 aromatic rings. The van der Waals surface area contributed by atoms with E-state index in [9.17, 15) is 9.59 Å². The molecule has 0 aliphatic heterocycles. The third kappa shape index (κ3) is 3.85. The van der Waals surface area contributed by atoms with Gasteiger partial charge in [-0.25, -0.2) is 5.48 Å². The lowest BCUT2D eigenvalue weighted by atomic mass is 10.1. The first kappa shape index (κ1) is 14.8. The van der Waals surface area contributed by atoms with Crippen molar-refractivity contribution in [3.8, 4) is 11.5 Å². The Balaban J connectivity index is 2.87. The molecule has 7 heteroatoms. The van der Waals surface area contributed by atoms with Crippen LogP contribution in [-0.2, 0) is 9.63 Å². The first-order valence-electron chi connectivity index (χ1n) is 5.42. The molecule has 3 N–H and O–H groups in total. The van der Waals surface area contributed by atoms with E-state index in [0.717, 1.165) is 5.56 Å². The number of nitrogens with one attached hydrogen (secondary N) is 1. The van der Waals surface area contributed by atoms with Crippen molar-refractivity contribution in [2.45, 2.75) is 6.92 Å². The predicted octanol–water partition coefficient (Wildman–Crippen LogP) is 0.159. The van der Waals surface area contributed by atoms with E-state index in [1.54, 1.807) is 12.1 Å². The standard InChI is InChI=1S/C12H16N2O5/c1-7-9(17-2)4-8(5-10(7)18-3)12(16)14-19-6-11(13)15/h4-5H,6H2,1-3H3,(H2,13,15)(H,14,16). The number of methoxy groups -OCH3 is 2. The lowest BCUT2D eigenvalue weighted by Crippen LogP contribution is -2.29. The van der Waals surface area contributed by atoms with Gasteiger partial charge in [0.1, 0.15) is 11.5 Å². The maximum atomic E-state index is 11.8. The quantitative estimate of drug-likeness (QED) is 0.716. The zero-order valence-corrected chi connectivity index (χ0v) is 11.0. The third-order valence-corrected chi connectivity index (χ3v) is 2.39. The van der Waals surface area contributed by atoms with Crippen LogP contribution in [0, 0.1) is 6.92 Å². The molecule has 0 radical (unpaired) electrons. The summed E-state index contributed by atoms with van der Waals surface area (Å²) in [6, 6.07) is 3.08. The fraction of sp³-hybridized carbons (Fsp3) is 0.333. The molecule has 0 saturated heterocycles. The second-order valence-electron chi connectivity index (χ2n) is 3.69. The van der Waals surface area contributed by atoms with Gasteiger partial charge in [-0.15, -0.1) is 0 Å². The SMILES string of the molecule is COc1cc(C(=O)NOCC(N)=O)cc(OC)c1C. The minimum absolute atomic E-state index is 0.281. The topological polar surface area (TPSA) is 99.9 Å². The fourth-order valence-corrected chi connectivity index (χ4v) is 1.45. The van der Waals surface area contributed by atoms with Gasteiger partial charge in [0, 0.05) is 11.1 Å². The summed E-state index contributed by atoms with van der Waals surface area (Å²) >= 11 is 0. The van der Waals surface area contributed by atoms with Gasteiger partial charge in [-0.1, -0.05) is 0 Å². The molecule has 0 aliphatic rings. The third-order valence-electron chi connectivity index (χ3n) is 2.39. The summed E-state index contributed by atoms with van der Waals surface area (Å²) in [4.78, 5) is 26.9. The summed E-state index contributed by atoms with van der Waals surface area (Å²) in [7, 11) is 2.99. The van der Waals surface area contributed by atoms with E-state index in [-0.39, 0.29) is 5.56 Å². The van der Waals surface area contributed by atoms with E-state index < -0.39 is 18.4 Å². The molecule has 0 heterocycles. The minimum Gasteiger partial charge on any atom is -0.496 e. The number of amides is 2. The Morgan fingerprint density at radius 2 is 1.74 bits per heavy atom. The van der Waals surface area contributed by atoms with Crippen LogP contribution in [0.25, 0.3) is 0 Å². The van der Waals surface area contributed by atoms with E-state index in [1.165, 1.54) is 14.2 Å². The van der Waals surface area contributed by atoms with Crippen molar-refractivity contribution in [1.82, 2.24) is 5.48 Å². The molecule has 0 unspecified atom stereocenters. The van der Waals surface area contributed by atoms with Gasteiger partial charge in [-0.3, -0.25) is 14.4 Å². The van der Waals surface area contributed by atoms with Gasteiger partial charge in [-0.05, 0) is 19.1 Å². The van der Waals surface area contributed by atoms with E-state index >= 15 is 0 Å². The first-order valence-corrected chi connectivity index (χ1v) is 5.42. The van der Waals surface area contributed by atoms with Crippen LogP contribution in [0.2, 0.25) is 0 Å². The van der Waals surface area contributed by atoms with Crippen molar-refractivity contribution < 1.29 is 23.9 Å². The lowest BCUT2D eigenvalue weighted by molar-refractivity contribution is -0.124. The Hall–Kier alpha value is -2.28. The maximum Gasteiger partial charge on any atom is 0.275 e. The molecule has 2 amide bonds. The second kappa shape index (κ2) is 6.60. The molecule has 0 fully saturated rings. The van der Waals surface area contributed by atoms with Crippen molar-refractivity contribution in [3.63, 3.8) is 0 Å². The molecule has 0 spiro atoms. The van der Waals surface area contributed by atoms with Crippen molar-refractivity contribution in [3.05, 3.63) is 23.3 Å². The number of rotatable bonds is 6. The van der Waals surface area contributed by atoms with Crippen LogP contribution in [0.15, 0.2) is 12.1 Å². The van der Waals surface area contributed by atoms with Gasteiger partial charge in [0.15, 0.2) is 6.61 Å². The van der Waals surface area contributed by atoms with Gasteiger partial charge in [-0.2, -0.15) is 0 Å². The largest absolute Gasteiger partial charge is 0.496 e. The number of benzene rings is 1. The molecular formula is C12H16N2O5. The van der Waals surface area contributed by atoms with Crippen LogP contribution < -0.4 is 20.7 Å². The highest BCUT2D eigenvalue weighted by molar-refractivity contribution is 5.94. The van der Waals surface area contributed by atoms with Crippen molar-refractivity contribution in [2.24, 2.45) is 5.73 Å². The Bertz CT molecular complexity index is 462. The second-order valence-corrected chi connectivity index (χ2v) is 3.69. The van der Waals surface area contributed by atoms with E-state index in [4.69, 9.17) is 15.2 Å². The van der Waals surface area contributed by atoms with E-state index in [0.29, 0.717) is 11.5 Å². The number of carbonyl (C=O) groups excluding carboxylic acids is 2.